The third-order valence-electron chi connectivity index (χ3n) is 1.23. The summed E-state index contributed by atoms with van der Waals surface area (Å²) in [6.45, 7) is 5.10. The second-order valence-corrected chi connectivity index (χ2v) is 3.61. The second kappa shape index (κ2) is 7.13. The molecule has 0 heterocycles. The average Bonchev–Trinajstić information content (AvgIpc) is 1.60. The van der Waals surface area contributed by atoms with Crippen molar-refractivity contribution in [2.75, 3.05) is 0 Å². The number of hydrogen-bond acceptors (Lipinski definition) is 4. The summed E-state index contributed by atoms with van der Waals surface area (Å²) < 4.78 is 14.1. The van der Waals surface area contributed by atoms with Crippen LogP contribution in [0, 0.1) is 13.3 Å². The largest absolute Gasteiger partial charge is 0.790 e. The molecule has 0 aliphatic carbocycles. The Labute approximate surface area is 85.8 Å². The van der Waals surface area contributed by atoms with Crippen LogP contribution in [0.25, 0.3) is 0 Å². The molecule has 0 aromatic heterocycles. The Balaban J connectivity index is -0.000000405. The van der Waals surface area contributed by atoms with Gasteiger partial charge in [0.15, 0.2) is 0 Å². The van der Waals surface area contributed by atoms with E-state index in [2.05, 4.69) is 4.52 Å². The molecule has 12 heavy (non-hydrogen) atoms. The van der Waals surface area contributed by atoms with Crippen molar-refractivity contribution in [1.29, 1.82) is 0 Å². The van der Waals surface area contributed by atoms with Crippen molar-refractivity contribution in [1.82, 2.24) is 0 Å². The van der Waals surface area contributed by atoms with Crippen LogP contribution in [0.1, 0.15) is 20.8 Å². The Kier molecular flexibility index (Phi) is 11.0. The van der Waals surface area contributed by atoms with E-state index in [9.17, 15) is 14.4 Å². The zero-order chi connectivity index (χ0) is 8.36. The Morgan fingerprint density at radius 1 is 1.25 bits per heavy atom. The van der Waals surface area contributed by atoms with Crippen molar-refractivity contribution < 1.29 is 37.4 Å². The summed E-state index contributed by atoms with van der Waals surface area (Å²) in [7, 11) is -4.78. The number of hydrogen-bond donors (Lipinski definition) is 0. The van der Waals surface area contributed by atoms with Gasteiger partial charge in [-0.2, -0.15) is 0 Å². The fourth-order valence-electron chi connectivity index (χ4n) is 0.325. The number of rotatable bonds is 3. The molecular weight excluding hydrogens is 218 g/mol. The van der Waals surface area contributed by atoms with Crippen molar-refractivity contribution in [3.8, 4) is 0 Å². The third-order valence-corrected chi connectivity index (χ3v) is 1.82. The molecule has 1 radical (unpaired) electrons. The Morgan fingerprint density at radius 2 is 1.58 bits per heavy atom. The summed E-state index contributed by atoms with van der Waals surface area (Å²) in [5.74, 6) is 0.0382. The fraction of sp³-hybridized carbons (Fsp3) is 0.833. The van der Waals surface area contributed by atoms with Crippen molar-refractivity contribution in [2.24, 2.45) is 5.92 Å². The first-order valence-corrected chi connectivity index (χ1v) is 4.49. The maximum atomic E-state index is 10.00. The fourth-order valence-corrected chi connectivity index (χ4v) is 0.976. The molecule has 0 N–H and O–H groups in total. The standard InChI is InChI=1S/C5H13O4P.CH3.V/c1-4(2)5(3)9-10(6,7)8;;/h4-5H,1-3H3,(H2,6,7,8);1H3;/q;-1;/p-2. The zero-order valence-corrected chi connectivity index (χ0v) is 9.97. The van der Waals surface area contributed by atoms with E-state index in [1.54, 1.807) is 20.8 Å². The smallest absolute Gasteiger partial charge is 0.0622 e. The van der Waals surface area contributed by atoms with Gasteiger partial charge in [0.25, 0.3) is 0 Å². The van der Waals surface area contributed by atoms with Crippen LogP contribution in [-0.2, 0) is 27.6 Å². The molecule has 0 aliphatic rings. The van der Waals surface area contributed by atoms with E-state index in [1.807, 2.05) is 0 Å². The minimum absolute atomic E-state index is 0. The van der Waals surface area contributed by atoms with Crippen molar-refractivity contribution in [3.63, 3.8) is 0 Å². The first-order valence-electron chi connectivity index (χ1n) is 3.03. The molecule has 0 amide bonds. The second-order valence-electron chi connectivity index (χ2n) is 2.50. The normalized spacial score (nSPS) is 13.2. The van der Waals surface area contributed by atoms with Gasteiger partial charge in [0.2, 0.25) is 0 Å². The molecule has 4 nitrogen and oxygen atoms in total. The van der Waals surface area contributed by atoms with Gasteiger partial charge in [0.1, 0.15) is 0 Å². The van der Waals surface area contributed by atoms with Crippen LogP contribution in [0.5, 0.6) is 0 Å². The monoisotopic (exact) mass is 232 g/mol. The van der Waals surface area contributed by atoms with Gasteiger partial charge < -0.3 is 26.3 Å². The molecule has 0 aromatic carbocycles. The first kappa shape index (κ1) is 18.5. The summed E-state index contributed by atoms with van der Waals surface area (Å²) in [5, 5.41) is 0. The van der Waals surface area contributed by atoms with Gasteiger partial charge in [0, 0.05) is 18.6 Å². The van der Waals surface area contributed by atoms with Gasteiger partial charge in [-0.05, 0) is 12.8 Å². The minimum Gasteiger partial charge on any atom is -0.790 e. The number of phosphoric ester groups is 1. The van der Waals surface area contributed by atoms with Crippen LogP contribution in [-0.4, -0.2) is 6.10 Å². The minimum atomic E-state index is -4.78. The summed E-state index contributed by atoms with van der Waals surface area (Å²) in [5.41, 5.74) is 0. The van der Waals surface area contributed by atoms with Crippen LogP contribution >= 0.6 is 7.82 Å². The van der Waals surface area contributed by atoms with Gasteiger partial charge >= 0.3 is 0 Å². The Hall–Kier alpha value is 0.694. The molecule has 6 heteroatoms. The van der Waals surface area contributed by atoms with Crippen molar-refractivity contribution >= 4 is 7.82 Å². The van der Waals surface area contributed by atoms with Crippen molar-refractivity contribution in [2.45, 2.75) is 26.9 Å². The molecular formula is C6H14O4PV-3. The quantitative estimate of drug-likeness (QED) is 0.519. The van der Waals surface area contributed by atoms with Crippen LogP contribution in [0.3, 0.4) is 0 Å². The third kappa shape index (κ3) is 10.7. The van der Waals surface area contributed by atoms with E-state index in [0.717, 1.165) is 0 Å². The molecule has 1 atom stereocenters. The summed E-state index contributed by atoms with van der Waals surface area (Å²) in [6.07, 6.45) is -0.527. The molecule has 0 bridgehead atoms. The summed E-state index contributed by atoms with van der Waals surface area (Å²) in [4.78, 5) is 20.0. The van der Waals surface area contributed by atoms with E-state index in [-0.39, 0.29) is 31.9 Å². The van der Waals surface area contributed by atoms with E-state index in [4.69, 9.17) is 0 Å². The summed E-state index contributed by atoms with van der Waals surface area (Å²) in [6, 6.07) is 0. The first-order chi connectivity index (χ1) is 4.33. The van der Waals surface area contributed by atoms with Gasteiger partial charge in [-0.3, -0.25) is 0 Å². The van der Waals surface area contributed by atoms with E-state index < -0.39 is 13.9 Å². The van der Waals surface area contributed by atoms with Gasteiger partial charge in [-0.1, -0.05) is 13.8 Å². The molecule has 0 saturated carbocycles. The van der Waals surface area contributed by atoms with Gasteiger partial charge in [-0.15, -0.1) is 0 Å². The molecule has 0 rings (SSSR count). The molecule has 0 saturated heterocycles. The average molecular weight is 232 g/mol. The molecule has 0 aliphatic heterocycles. The number of phosphoric acid groups is 1. The SMILES string of the molecule is CC(C)C(C)OP(=O)([O-])[O-].[CH3-].[V]. The van der Waals surface area contributed by atoms with Crippen LogP contribution < -0.4 is 9.79 Å². The maximum absolute atomic E-state index is 10.00. The van der Waals surface area contributed by atoms with Crippen LogP contribution in [0.4, 0.5) is 0 Å². The van der Waals surface area contributed by atoms with Crippen molar-refractivity contribution in [3.05, 3.63) is 7.43 Å². The molecule has 1 unspecified atom stereocenters. The molecule has 0 fully saturated rings. The Morgan fingerprint density at radius 3 is 1.67 bits per heavy atom. The zero-order valence-electron chi connectivity index (χ0n) is 7.68. The van der Waals surface area contributed by atoms with Gasteiger partial charge in [0.05, 0.1) is 13.9 Å². The Bertz CT molecular complexity index is 144. The predicted molar refractivity (Wildman–Crippen MR) is 39.4 cm³/mol. The predicted octanol–water partition coefficient (Wildman–Crippen LogP) is 0.324. The maximum Gasteiger partial charge on any atom is 0.0622 e. The van der Waals surface area contributed by atoms with E-state index >= 15 is 0 Å². The van der Waals surface area contributed by atoms with Crippen LogP contribution in [0.15, 0.2) is 0 Å². The van der Waals surface area contributed by atoms with Crippen LogP contribution in [0.2, 0.25) is 0 Å². The summed E-state index contributed by atoms with van der Waals surface area (Å²) >= 11 is 0. The topological polar surface area (TPSA) is 72.4 Å². The molecule has 0 aromatic rings. The van der Waals surface area contributed by atoms with E-state index in [0.29, 0.717) is 0 Å². The van der Waals surface area contributed by atoms with E-state index in [1.165, 1.54) is 0 Å². The molecule has 75 valence electrons. The van der Waals surface area contributed by atoms with Gasteiger partial charge in [-0.25, -0.2) is 0 Å². The molecule has 0 spiro atoms.